The van der Waals surface area contributed by atoms with Gasteiger partial charge < -0.3 is 24.6 Å². The fourth-order valence-corrected chi connectivity index (χ4v) is 4.68. The van der Waals surface area contributed by atoms with Crippen LogP contribution in [-0.4, -0.2) is 61.3 Å². The Balaban J connectivity index is 1.19. The van der Waals surface area contributed by atoms with Crippen LogP contribution in [0.3, 0.4) is 0 Å². The number of likely N-dealkylation sites (tertiary alicyclic amines) is 1. The summed E-state index contributed by atoms with van der Waals surface area (Å²) in [5.41, 5.74) is 2.57. The first-order chi connectivity index (χ1) is 16.1. The molecule has 2 fully saturated rings. The fraction of sp³-hybridized carbons (Fsp3) is 0.320. The van der Waals surface area contributed by atoms with Crippen molar-refractivity contribution in [2.24, 2.45) is 11.8 Å². The van der Waals surface area contributed by atoms with Gasteiger partial charge in [0.1, 0.15) is 17.3 Å². The maximum absolute atomic E-state index is 12.9. The number of methoxy groups -OCH3 is 2. The number of aromatic nitrogens is 2. The normalized spacial score (nSPS) is 19.3. The van der Waals surface area contributed by atoms with E-state index >= 15 is 0 Å². The lowest BCUT2D eigenvalue weighted by Crippen LogP contribution is -2.36. The Morgan fingerprint density at radius 2 is 1.70 bits per heavy atom. The van der Waals surface area contributed by atoms with Gasteiger partial charge in [-0.05, 0) is 12.1 Å². The molecule has 2 amide bonds. The quantitative estimate of drug-likeness (QED) is 0.644. The minimum absolute atomic E-state index is 0.105. The van der Waals surface area contributed by atoms with Crippen molar-refractivity contribution in [3.8, 4) is 22.8 Å². The van der Waals surface area contributed by atoms with E-state index < -0.39 is 0 Å². The number of rotatable bonds is 5. The average Bonchev–Trinajstić information content (AvgIpc) is 3.45. The lowest BCUT2D eigenvalue weighted by molar-refractivity contribution is 0.219. The Morgan fingerprint density at radius 3 is 2.33 bits per heavy atom. The van der Waals surface area contributed by atoms with Crippen molar-refractivity contribution in [1.29, 1.82) is 0 Å². The first-order valence-corrected chi connectivity index (χ1v) is 11.0. The molecule has 0 saturated carbocycles. The lowest BCUT2D eigenvalue weighted by atomic mass is 10.0. The molecule has 33 heavy (non-hydrogen) atoms. The number of fused-ring (bicyclic) bond motifs is 1. The highest BCUT2D eigenvalue weighted by Gasteiger charge is 2.42. The molecule has 8 nitrogen and oxygen atoms in total. The van der Waals surface area contributed by atoms with Crippen LogP contribution >= 0.6 is 0 Å². The van der Waals surface area contributed by atoms with Crippen molar-refractivity contribution in [1.82, 2.24) is 14.9 Å². The van der Waals surface area contributed by atoms with E-state index in [2.05, 4.69) is 20.2 Å². The molecule has 2 atom stereocenters. The number of ether oxygens (including phenoxy) is 2. The predicted molar refractivity (Wildman–Crippen MR) is 127 cm³/mol. The van der Waals surface area contributed by atoms with Gasteiger partial charge in [0.15, 0.2) is 0 Å². The number of nitrogens with zero attached hydrogens (tertiary/aromatic N) is 4. The van der Waals surface area contributed by atoms with E-state index in [1.807, 2.05) is 47.6 Å². The highest BCUT2D eigenvalue weighted by Crippen LogP contribution is 2.34. The van der Waals surface area contributed by atoms with Gasteiger partial charge in [0.25, 0.3) is 0 Å². The van der Waals surface area contributed by atoms with Crippen LogP contribution < -0.4 is 19.7 Å². The minimum atomic E-state index is -0.105. The van der Waals surface area contributed by atoms with Crippen LogP contribution in [-0.2, 0) is 0 Å². The Bertz CT molecular complexity index is 1110. The maximum atomic E-state index is 12.9. The molecule has 0 radical (unpaired) electrons. The van der Waals surface area contributed by atoms with E-state index in [1.165, 1.54) is 0 Å². The number of benzene rings is 2. The average molecular weight is 446 g/mol. The van der Waals surface area contributed by atoms with Crippen molar-refractivity contribution in [3.05, 3.63) is 60.9 Å². The molecule has 2 aliphatic heterocycles. The zero-order valence-electron chi connectivity index (χ0n) is 18.8. The summed E-state index contributed by atoms with van der Waals surface area (Å²) in [5, 5.41) is 2.98. The first kappa shape index (κ1) is 21.1. The van der Waals surface area contributed by atoms with Crippen LogP contribution in [0.1, 0.15) is 0 Å². The van der Waals surface area contributed by atoms with E-state index in [1.54, 1.807) is 32.4 Å². The third-order valence-corrected chi connectivity index (χ3v) is 6.46. The van der Waals surface area contributed by atoms with Crippen molar-refractivity contribution < 1.29 is 14.3 Å². The second kappa shape index (κ2) is 8.97. The molecule has 170 valence electrons. The molecule has 0 spiro atoms. The summed E-state index contributed by atoms with van der Waals surface area (Å²) in [6, 6.07) is 15.3. The third kappa shape index (κ3) is 4.28. The number of carbonyl (C=O) groups excluding carboxylic acids is 1. The van der Waals surface area contributed by atoms with Crippen LogP contribution in [0.4, 0.5) is 16.3 Å². The SMILES string of the molecule is COc1ccc(NC(=O)N2CC3CN(c4cnc(-c5ccccc5)cn4)CC3C2)c(OC)c1. The molecule has 3 aromatic rings. The number of carbonyl (C=O) groups is 1. The summed E-state index contributed by atoms with van der Waals surface area (Å²) in [5.74, 6) is 2.99. The van der Waals surface area contributed by atoms with E-state index in [0.29, 0.717) is 29.0 Å². The molecule has 2 unspecified atom stereocenters. The first-order valence-electron chi connectivity index (χ1n) is 11.0. The predicted octanol–water partition coefficient (Wildman–Crippen LogP) is 3.76. The van der Waals surface area contributed by atoms with Gasteiger partial charge in [-0.1, -0.05) is 30.3 Å². The number of hydrogen-bond donors (Lipinski definition) is 1. The third-order valence-electron chi connectivity index (χ3n) is 6.46. The molecule has 3 heterocycles. The van der Waals surface area contributed by atoms with Crippen LogP contribution in [0.15, 0.2) is 60.9 Å². The Hall–Kier alpha value is -3.81. The number of urea groups is 1. The van der Waals surface area contributed by atoms with Gasteiger partial charge in [-0.2, -0.15) is 0 Å². The monoisotopic (exact) mass is 445 g/mol. The van der Waals surface area contributed by atoms with Crippen molar-refractivity contribution in [3.63, 3.8) is 0 Å². The summed E-state index contributed by atoms with van der Waals surface area (Å²) in [4.78, 5) is 26.3. The molecular formula is C25H27N5O3. The highest BCUT2D eigenvalue weighted by atomic mass is 16.5. The molecule has 0 bridgehead atoms. The molecule has 8 heteroatoms. The van der Waals surface area contributed by atoms with Gasteiger partial charge in [0.05, 0.1) is 38.0 Å². The summed E-state index contributed by atoms with van der Waals surface area (Å²) in [7, 11) is 3.18. The number of anilines is 2. The summed E-state index contributed by atoms with van der Waals surface area (Å²) in [6.07, 6.45) is 3.69. The lowest BCUT2D eigenvalue weighted by Gasteiger charge is -2.23. The molecule has 2 saturated heterocycles. The molecule has 2 aromatic carbocycles. The molecular weight excluding hydrogens is 418 g/mol. The topological polar surface area (TPSA) is 79.8 Å². The van der Waals surface area contributed by atoms with Crippen LogP contribution in [0.2, 0.25) is 0 Å². The molecule has 1 N–H and O–H groups in total. The zero-order valence-corrected chi connectivity index (χ0v) is 18.8. The van der Waals surface area contributed by atoms with Crippen LogP contribution in [0.25, 0.3) is 11.3 Å². The summed E-state index contributed by atoms with van der Waals surface area (Å²) in [6.45, 7) is 3.20. The highest BCUT2D eigenvalue weighted by molar-refractivity contribution is 5.91. The summed E-state index contributed by atoms with van der Waals surface area (Å²) >= 11 is 0. The standard InChI is InChI=1S/C25H27N5O3/c1-32-20-8-9-21(23(10-20)33-2)28-25(31)30-15-18-13-29(14-19(18)16-30)24-12-26-22(11-27-24)17-6-4-3-5-7-17/h3-12,18-19H,13-16H2,1-2H3,(H,28,31). The van der Waals surface area contributed by atoms with E-state index in [-0.39, 0.29) is 6.03 Å². The Labute approximate surface area is 193 Å². The fourth-order valence-electron chi connectivity index (χ4n) is 4.68. The minimum Gasteiger partial charge on any atom is -0.497 e. The van der Waals surface area contributed by atoms with Crippen LogP contribution in [0, 0.1) is 11.8 Å². The van der Waals surface area contributed by atoms with Gasteiger partial charge in [-0.15, -0.1) is 0 Å². The van der Waals surface area contributed by atoms with Gasteiger partial charge in [-0.25, -0.2) is 9.78 Å². The second-order valence-electron chi connectivity index (χ2n) is 8.45. The van der Waals surface area contributed by atoms with E-state index in [0.717, 1.165) is 43.3 Å². The number of amides is 2. The Kier molecular flexibility index (Phi) is 5.73. The van der Waals surface area contributed by atoms with Gasteiger partial charge in [0, 0.05) is 49.6 Å². The van der Waals surface area contributed by atoms with Gasteiger partial charge in [0.2, 0.25) is 0 Å². The number of hydrogen-bond acceptors (Lipinski definition) is 6. The van der Waals surface area contributed by atoms with Gasteiger partial charge in [-0.3, -0.25) is 4.98 Å². The van der Waals surface area contributed by atoms with E-state index in [9.17, 15) is 4.79 Å². The molecule has 1 aromatic heterocycles. The van der Waals surface area contributed by atoms with Crippen LogP contribution in [0.5, 0.6) is 11.5 Å². The van der Waals surface area contributed by atoms with Gasteiger partial charge >= 0.3 is 6.03 Å². The largest absolute Gasteiger partial charge is 0.497 e. The number of nitrogens with one attached hydrogen (secondary N) is 1. The molecule has 0 aliphatic carbocycles. The Morgan fingerprint density at radius 1 is 0.939 bits per heavy atom. The van der Waals surface area contributed by atoms with Crippen molar-refractivity contribution in [2.75, 3.05) is 50.6 Å². The maximum Gasteiger partial charge on any atom is 0.321 e. The van der Waals surface area contributed by atoms with Crippen molar-refractivity contribution in [2.45, 2.75) is 0 Å². The second-order valence-corrected chi connectivity index (χ2v) is 8.45. The zero-order chi connectivity index (χ0) is 22.8. The summed E-state index contributed by atoms with van der Waals surface area (Å²) < 4.78 is 10.6. The van der Waals surface area contributed by atoms with Crippen molar-refractivity contribution >= 4 is 17.5 Å². The molecule has 5 rings (SSSR count). The molecule has 2 aliphatic rings. The van der Waals surface area contributed by atoms with E-state index in [4.69, 9.17) is 9.47 Å². The smallest absolute Gasteiger partial charge is 0.321 e.